The van der Waals surface area contributed by atoms with E-state index in [-0.39, 0.29) is 24.0 Å². The van der Waals surface area contributed by atoms with E-state index in [0.717, 1.165) is 54.4 Å². The van der Waals surface area contributed by atoms with E-state index in [1.54, 1.807) is 4.90 Å². The highest BCUT2D eigenvalue weighted by atomic mass is 32.2. The number of nitrogens with zero attached hydrogens (tertiary/aromatic N) is 1. The van der Waals surface area contributed by atoms with Gasteiger partial charge in [0.05, 0.1) is 11.0 Å². The molecule has 53 heavy (non-hydrogen) atoms. The topological polar surface area (TPSA) is 93.1 Å². The maximum absolute atomic E-state index is 13.9. The van der Waals surface area contributed by atoms with Gasteiger partial charge in [-0.05, 0) is 67.3 Å². The zero-order valence-corrected chi connectivity index (χ0v) is 31.8. The smallest absolute Gasteiger partial charge is 0.337 e. The molecular formula is C45H53NO6S. The zero-order chi connectivity index (χ0) is 37.7. The van der Waals surface area contributed by atoms with Crippen LogP contribution < -0.4 is 0 Å². The number of aliphatic hydroxyl groups is 1. The number of aryl methyl sites for hydroxylation is 2. The summed E-state index contributed by atoms with van der Waals surface area (Å²) in [7, 11) is 0. The Labute approximate surface area is 319 Å². The van der Waals surface area contributed by atoms with Crippen LogP contribution in [-0.4, -0.2) is 59.4 Å². The Bertz CT molecular complexity index is 1670. The first-order valence-corrected chi connectivity index (χ1v) is 19.9. The minimum atomic E-state index is -1.56. The lowest BCUT2D eigenvalue weighted by Gasteiger charge is -2.27. The van der Waals surface area contributed by atoms with Gasteiger partial charge in [-0.3, -0.25) is 4.79 Å². The van der Waals surface area contributed by atoms with Crippen molar-refractivity contribution in [2.45, 2.75) is 82.7 Å². The molecule has 7 nitrogen and oxygen atoms in total. The highest BCUT2D eigenvalue weighted by molar-refractivity contribution is 7.99. The molecule has 1 amide bonds. The quantitative estimate of drug-likeness (QED) is 0.0352. The molecule has 0 fully saturated rings. The maximum Gasteiger partial charge on any atom is 0.337 e. The van der Waals surface area contributed by atoms with Gasteiger partial charge >= 0.3 is 5.97 Å². The van der Waals surface area contributed by atoms with Crippen molar-refractivity contribution in [3.8, 4) is 0 Å². The van der Waals surface area contributed by atoms with Gasteiger partial charge in [-0.1, -0.05) is 141 Å². The number of hydrogen-bond donors (Lipinski definition) is 1. The fraction of sp³-hybridized carbons (Fsp3) is 0.378. The summed E-state index contributed by atoms with van der Waals surface area (Å²) in [5, 5.41) is 11.0. The Morgan fingerprint density at radius 2 is 1.25 bits per heavy atom. The number of ether oxygens (including phenoxy) is 2. The standard InChI is InChI=1S/C45H53NO6S/c1-3-46(4-2)41(48)33-51-39(32-47)34-53-44(42(49)45(50)52-43(37-27-16-10-17-28-37)38-29-18-11-19-30-38)40-31-21-20-26-36(40)25-15-8-6-5-7-12-22-35-23-13-9-14-24-35/h9-11,13-14,16-21,23-24,26-31,42-44,49H,3-8,12,15,22,25,33-34H2,1-2H3. The molecule has 0 saturated carbocycles. The van der Waals surface area contributed by atoms with Crippen molar-refractivity contribution in [3.05, 3.63) is 149 Å². The van der Waals surface area contributed by atoms with Gasteiger partial charge in [0.2, 0.25) is 0 Å². The average Bonchev–Trinajstić information content (AvgIpc) is 3.20. The number of carbonyl (C=O) groups excluding carboxylic acids is 3. The Balaban J connectivity index is 1.47. The lowest BCUT2D eigenvalue weighted by atomic mass is 9.96. The summed E-state index contributed by atoms with van der Waals surface area (Å²) in [6, 6.07) is 37.3. The van der Waals surface area contributed by atoms with E-state index in [9.17, 15) is 19.5 Å². The van der Waals surface area contributed by atoms with Gasteiger partial charge in [0.25, 0.3) is 5.91 Å². The Morgan fingerprint density at radius 1 is 0.717 bits per heavy atom. The van der Waals surface area contributed by atoms with Gasteiger partial charge in [0, 0.05) is 13.1 Å². The molecule has 280 valence electrons. The first-order valence-electron chi connectivity index (χ1n) is 18.8. The van der Waals surface area contributed by atoms with Crippen LogP contribution >= 0.6 is 11.8 Å². The van der Waals surface area contributed by atoms with Crippen LogP contribution in [0, 0.1) is 0 Å². The van der Waals surface area contributed by atoms with E-state index in [2.05, 4.69) is 30.3 Å². The number of hydrogen-bond acceptors (Lipinski definition) is 7. The van der Waals surface area contributed by atoms with E-state index in [0.29, 0.717) is 13.1 Å². The maximum atomic E-state index is 13.9. The van der Waals surface area contributed by atoms with Gasteiger partial charge in [-0.2, -0.15) is 0 Å². The number of carbonyl (C=O) groups is 2. The molecule has 2 atom stereocenters. The van der Waals surface area contributed by atoms with Crippen molar-refractivity contribution in [1.82, 2.24) is 4.90 Å². The second kappa shape index (κ2) is 23.1. The molecule has 0 heterocycles. The van der Waals surface area contributed by atoms with E-state index < -0.39 is 23.4 Å². The summed E-state index contributed by atoms with van der Waals surface area (Å²) in [5.41, 5.74) is 4.76. The number of rotatable bonds is 23. The number of unbranched alkanes of at least 4 members (excludes halogenated alkanes) is 5. The van der Waals surface area contributed by atoms with E-state index in [1.165, 1.54) is 36.6 Å². The van der Waals surface area contributed by atoms with Crippen molar-refractivity contribution >= 4 is 29.6 Å². The summed E-state index contributed by atoms with van der Waals surface area (Å²) in [4.78, 5) is 40.1. The highest BCUT2D eigenvalue weighted by Crippen LogP contribution is 2.38. The minimum Gasteiger partial charge on any atom is -0.476 e. The van der Waals surface area contributed by atoms with Crippen molar-refractivity contribution in [2.75, 3.05) is 25.4 Å². The Hall–Kier alpha value is -4.62. The molecule has 2 unspecified atom stereocenters. The van der Waals surface area contributed by atoms with Crippen molar-refractivity contribution in [2.24, 2.45) is 0 Å². The number of benzene rings is 4. The predicted molar refractivity (Wildman–Crippen MR) is 213 cm³/mol. The summed E-state index contributed by atoms with van der Waals surface area (Å²) in [5.74, 6) is 0.756. The molecule has 0 bridgehead atoms. The molecule has 4 aromatic rings. The molecule has 0 aliphatic heterocycles. The van der Waals surface area contributed by atoms with Crippen LogP contribution in [0.5, 0.6) is 0 Å². The second-order valence-electron chi connectivity index (χ2n) is 13.0. The monoisotopic (exact) mass is 735 g/mol. The third-order valence-corrected chi connectivity index (χ3v) is 10.6. The molecule has 0 saturated heterocycles. The SMILES string of the molecule is CCN(CC)C(=O)COC(=C=O)CSC(c1ccccc1CCCCCCCCc1ccccc1)C(O)C(=O)OC(c1ccccc1)c1ccccc1. The number of esters is 1. The van der Waals surface area contributed by atoms with Crippen LogP contribution in [0.2, 0.25) is 0 Å². The van der Waals surface area contributed by atoms with E-state index in [1.807, 2.05) is 105 Å². The first-order chi connectivity index (χ1) is 25.9. The van der Waals surface area contributed by atoms with Crippen LogP contribution in [0.4, 0.5) is 0 Å². The van der Waals surface area contributed by atoms with Gasteiger partial charge in [-0.15, -0.1) is 11.8 Å². The molecule has 4 aromatic carbocycles. The molecule has 0 radical (unpaired) electrons. The average molecular weight is 736 g/mol. The van der Waals surface area contributed by atoms with Crippen LogP contribution in [-0.2, 0) is 36.7 Å². The van der Waals surface area contributed by atoms with E-state index in [4.69, 9.17) is 9.47 Å². The molecule has 0 spiro atoms. The van der Waals surface area contributed by atoms with Gasteiger partial charge < -0.3 is 19.5 Å². The summed E-state index contributed by atoms with van der Waals surface area (Å²) in [6.07, 6.45) is 6.33. The van der Waals surface area contributed by atoms with Gasteiger partial charge in [0.15, 0.2) is 30.5 Å². The minimum absolute atomic E-state index is 0.00213. The largest absolute Gasteiger partial charge is 0.476 e. The lowest BCUT2D eigenvalue weighted by molar-refractivity contribution is -0.157. The summed E-state index contributed by atoms with van der Waals surface area (Å²) < 4.78 is 11.7. The molecular weight excluding hydrogens is 683 g/mol. The van der Waals surface area contributed by atoms with E-state index >= 15 is 0 Å². The number of thioether (sulfide) groups is 1. The first kappa shape index (κ1) is 41.1. The van der Waals surface area contributed by atoms with Crippen LogP contribution in [0.1, 0.15) is 91.5 Å². The van der Waals surface area contributed by atoms with Crippen LogP contribution in [0.15, 0.2) is 121 Å². The van der Waals surface area contributed by atoms with Crippen molar-refractivity contribution < 1.29 is 29.0 Å². The number of amides is 1. The number of likely N-dealkylation sites (N-methyl/N-ethyl adjacent to an activating group) is 1. The summed E-state index contributed by atoms with van der Waals surface area (Å²) in [6.45, 7) is 4.53. The fourth-order valence-corrected chi connectivity index (χ4v) is 7.54. The van der Waals surface area contributed by atoms with Gasteiger partial charge in [0.1, 0.15) is 0 Å². The zero-order valence-electron chi connectivity index (χ0n) is 31.0. The summed E-state index contributed by atoms with van der Waals surface area (Å²) >= 11 is 1.20. The lowest BCUT2D eigenvalue weighted by Crippen LogP contribution is -2.33. The molecule has 0 aliphatic carbocycles. The van der Waals surface area contributed by atoms with Crippen LogP contribution in [0.25, 0.3) is 0 Å². The predicted octanol–water partition coefficient (Wildman–Crippen LogP) is 8.88. The molecule has 8 heteroatoms. The second-order valence-corrected chi connectivity index (χ2v) is 14.1. The Kier molecular flexibility index (Phi) is 18.0. The van der Waals surface area contributed by atoms with Crippen molar-refractivity contribution in [1.29, 1.82) is 0 Å². The van der Waals surface area contributed by atoms with Crippen molar-refractivity contribution in [3.63, 3.8) is 0 Å². The number of aliphatic hydroxyl groups excluding tert-OH is 1. The normalized spacial score (nSPS) is 12.1. The van der Waals surface area contributed by atoms with Gasteiger partial charge in [-0.25, -0.2) is 9.59 Å². The third kappa shape index (κ3) is 13.4. The molecule has 0 aliphatic rings. The Morgan fingerprint density at radius 3 is 1.83 bits per heavy atom. The van der Waals surface area contributed by atoms with Crippen LogP contribution in [0.3, 0.4) is 0 Å². The third-order valence-electron chi connectivity index (χ3n) is 9.33. The molecule has 0 aromatic heterocycles. The molecule has 1 N–H and O–H groups in total. The fourth-order valence-electron chi connectivity index (χ4n) is 6.36. The molecule has 4 rings (SSSR count). The highest BCUT2D eigenvalue weighted by Gasteiger charge is 2.33.